The fourth-order valence-electron chi connectivity index (χ4n) is 0.721. The molecule has 0 N–H and O–H groups in total. The first-order valence-corrected chi connectivity index (χ1v) is 3.72. The average Bonchev–Trinajstić information content (AvgIpc) is 1.84. The predicted octanol–water partition coefficient (Wildman–Crippen LogP) is -2.04. The van der Waals surface area contributed by atoms with Crippen LogP contribution in [0.15, 0.2) is 0 Å². The van der Waals surface area contributed by atoms with Gasteiger partial charge in [0, 0.05) is 11.4 Å². The third kappa shape index (κ3) is 6.28. The van der Waals surface area contributed by atoms with Gasteiger partial charge in [-0.1, -0.05) is 33.6 Å². The Morgan fingerprint density at radius 3 is 2.18 bits per heavy atom. The SMILES string of the molecule is CCCCC(C)(C)C(=O)[O-].[K+]. The van der Waals surface area contributed by atoms with Crippen molar-refractivity contribution in [2.75, 3.05) is 0 Å². The zero-order valence-electron chi connectivity index (χ0n) is 7.94. The maximum Gasteiger partial charge on any atom is 1.00 e. The molecule has 0 fully saturated rings. The van der Waals surface area contributed by atoms with Crippen molar-refractivity contribution < 1.29 is 61.3 Å². The zero-order valence-corrected chi connectivity index (χ0v) is 11.1. The van der Waals surface area contributed by atoms with Crippen LogP contribution in [-0.4, -0.2) is 5.97 Å². The first kappa shape index (κ1) is 14.6. The van der Waals surface area contributed by atoms with E-state index in [0.717, 1.165) is 12.8 Å². The van der Waals surface area contributed by atoms with E-state index < -0.39 is 11.4 Å². The molecule has 0 radical (unpaired) electrons. The first-order chi connectivity index (χ1) is 4.50. The molecule has 0 aromatic carbocycles. The molecule has 0 aliphatic rings. The Kier molecular flexibility index (Phi) is 8.78. The van der Waals surface area contributed by atoms with Gasteiger partial charge in [-0.3, -0.25) is 0 Å². The Morgan fingerprint density at radius 2 is 1.91 bits per heavy atom. The van der Waals surface area contributed by atoms with Crippen molar-refractivity contribution in [3.05, 3.63) is 0 Å². The van der Waals surface area contributed by atoms with Crippen LogP contribution in [0.3, 0.4) is 0 Å². The molecule has 0 bridgehead atoms. The molecule has 3 heteroatoms. The van der Waals surface area contributed by atoms with E-state index in [4.69, 9.17) is 0 Å². The van der Waals surface area contributed by atoms with Crippen molar-refractivity contribution in [2.24, 2.45) is 5.41 Å². The van der Waals surface area contributed by atoms with Gasteiger partial charge in [-0.15, -0.1) is 0 Å². The maximum atomic E-state index is 10.4. The van der Waals surface area contributed by atoms with Crippen LogP contribution >= 0.6 is 0 Å². The number of aliphatic carboxylic acids is 1. The number of rotatable bonds is 4. The van der Waals surface area contributed by atoms with E-state index in [1.807, 2.05) is 6.92 Å². The second-order valence-electron chi connectivity index (χ2n) is 3.27. The average molecular weight is 182 g/mol. The smallest absolute Gasteiger partial charge is 0.550 e. The molecule has 0 aromatic rings. The summed E-state index contributed by atoms with van der Waals surface area (Å²) < 4.78 is 0. The molecule has 0 spiro atoms. The number of hydrogen-bond acceptors (Lipinski definition) is 2. The van der Waals surface area contributed by atoms with Gasteiger partial charge in [0.2, 0.25) is 0 Å². The van der Waals surface area contributed by atoms with Crippen molar-refractivity contribution >= 4 is 5.97 Å². The molecule has 11 heavy (non-hydrogen) atoms. The molecule has 2 nitrogen and oxygen atoms in total. The summed E-state index contributed by atoms with van der Waals surface area (Å²) in [6, 6.07) is 0. The molecule has 0 saturated heterocycles. The number of unbranched alkanes of at least 4 members (excludes halogenated alkanes) is 1. The number of carbonyl (C=O) groups is 1. The summed E-state index contributed by atoms with van der Waals surface area (Å²) in [6.45, 7) is 5.46. The molecule has 0 saturated carbocycles. The Balaban J connectivity index is 0. The fraction of sp³-hybridized carbons (Fsp3) is 0.875. The minimum absolute atomic E-state index is 0. The summed E-state index contributed by atoms with van der Waals surface area (Å²) in [5.74, 6) is -0.944. The van der Waals surface area contributed by atoms with Crippen molar-refractivity contribution in [3.8, 4) is 0 Å². The van der Waals surface area contributed by atoms with Crippen LogP contribution in [-0.2, 0) is 4.79 Å². The van der Waals surface area contributed by atoms with Crippen LogP contribution in [0.1, 0.15) is 40.0 Å². The third-order valence-electron chi connectivity index (χ3n) is 1.71. The summed E-state index contributed by atoms with van der Waals surface area (Å²) in [5, 5.41) is 10.4. The van der Waals surface area contributed by atoms with Gasteiger partial charge in [0.25, 0.3) is 0 Å². The molecule has 0 aromatic heterocycles. The summed E-state index contributed by atoms with van der Waals surface area (Å²) in [5.41, 5.74) is -0.643. The van der Waals surface area contributed by atoms with Crippen LogP contribution in [0.2, 0.25) is 0 Å². The normalized spacial score (nSPS) is 10.5. The molecule has 60 valence electrons. The van der Waals surface area contributed by atoms with Crippen LogP contribution < -0.4 is 56.5 Å². The van der Waals surface area contributed by atoms with E-state index in [-0.39, 0.29) is 51.4 Å². The Labute approximate surface area is 111 Å². The van der Waals surface area contributed by atoms with Crippen molar-refractivity contribution in [1.29, 1.82) is 0 Å². The summed E-state index contributed by atoms with van der Waals surface area (Å²) >= 11 is 0. The summed E-state index contributed by atoms with van der Waals surface area (Å²) in [4.78, 5) is 10.4. The van der Waals surface area contributed by atoms with Crippen molar-refractivity contribution in [3.63, 3.8) is 0 Å². The van der Waals surface area contributed by atoms with Gasteiger partial charge in [-0.25, -0.2) is 0 Å². The quantitative estimate of drug-likeness (QED) is 0.470. The minimum Gasteiger partial charge on any atom is -0.550 e. The Bertz CT molecular complexity index is 121. The van der Waals surface area contributed by atoms with Crippen LogP contribution in [0, 0.1) is 5.41 Å². The molecule has 0 heterocycles. The molecule has 0 rings (SSSR count). The molecular formula is C8H15KO2. The number of hydrogen-bond donors (Lipinski definition) is 0. The number of carboxylic acids is 1. The van der Waals surface area contributed by atoms with Crippen LogP contribution in [0.5, 0.6) is 0 Å². The molecule has 0 unspecified atom stereocenters. The number of carbonyl (C=O) groups excluding carboxylic acids is 1. The largest absolute Gasteiger partial charge is 1.00 e. The monoisotopic (exact) mass is 182 g/mol. The van der Waals surface area contributed by atoms with Gasteiger partial charge in [0.1, 0.15) is 0 Å². The third-order valence-corrected chi connectivity index (χ3v) is 1.71. The van der Waals surface area contributed by atoms with E-state index in [0.29, 0.717) is 6.42 Å². The van der Waals surface area contributed by atoms with E-state index >= 15 is 0 Å². The van der Waals surface area contributed by atoms with E-state index in [2.05, 4.69) is 0 Å². The molecule has 0 atom stereocenters. The van der Waals surface area contributed by atoms with Gasteiger partial charge in [0.05, 0.1) is 0 Å². The maximum absolute atomic E-state index is 10.4. The second-order valence-corrected chi connectivity index (χ2v) is 3.27. The molecular weight excluding hydrogens is 167 g/mol. The van der Waals surface area contributed by atoms with Gasteiger partial charge in [0.15, 0.2) is 0 Å². The fourth-order valence-corrected chi connectivity index (χ4v) is 0.721. The molecule has 0 aliphatic heterocycles. The van der Waals surface area contributed by atoms with Crippen LogP contribution in [0.25, 0.3) is 0 Å². The van der Waals surface area contributed by atoms with Gasteiger partial charge >= 0.3 is 51.4 Å². The van der Waals surface area contributed by atoms with E-state index in [1.165, 1.54) is 0 Å². The molecule has 0 amide bonds. The minimum atomic E-state index is -0.944. The van der Waals surface area contributed by atoms with Crippen LogP contribution in [0.4, 0.5) is 0 Å². The summed E-state index contributed by atoms with van der Waals surface area (Å²) in [7, 11) is 0. The van der Waals surface area contributed by atoms with E-state index in [9.17, 15) is 9.90 Å². The predicted molar refractivity (Wildman–Crippen MR) is 38.3 cm³/mol. The van der Waals surface area contributed by atoms with Crippen molar-refractivity contribution in [1.82, 2.24) is 0 Å². The van der Waals surface area contributed by atoms with Crippen molar-refractivity contribution in [2.45, 2.75) is 40.0 Å². The zero-order chi connectivity index (χ0) is 8.20. The summed E-state index contributed by atoms with van der Waals surface area (Å²) in [6.07, 6.45) is 2.71. The molecule has 0 aliphatic carbocycles. The number of carboxylic acid groups (broad SMARTS) is 1. The first-order valence-electron chi connectivity index (χ1n) is 3.72. The topological polar surface area (TPSA) is 40.1 Å². The second kappa shape index (κ2) is 6.60. The Morgan fingerprint density at radius 1 is 1.45 bits per heavy atom. The van der Waals surface area contributed by atoms with E-state index in [1.54, 1.807) is 13.8 Å². The van der Waals surface area contributed by atoms with Gasteiger partial charge in [-0.2, -0.15) is 0 Å². The standard InChI is InChI=1S/C8H16O2.K/c1-4-5-6-8(2,3)7(9)10;/h4-6H2,1-3H3,(H,9,10);/q;+1/p-1. The van der Waals surface area contributed by atoms with Gasteiger partial charge < -0.3 is 9.90 Å². The van der Waals surface area contributed by atoms with Gasteiger partial charge in [-0.05, 0) is 6.42 Å². The Hall–Kier alpha value is 1.11.